The van der Waals surface area contributed by atoms with E-state index in [2.05, 4.69) is 31.0 Å². The van der Waals surface area contributed by atoms with Gasteiger partial charge in [-0.05, 0) is 43.1 Å². The first-order chi connectivity index (χ1) is 7.57. The van der Waals surface area contributed by atoms with Crippen LogP contribution >= 0.6 is 0 Å². The smallest absolute Gasteiger partial charge is 0.00477 e. The van der Waals surface area contributed by atoms with E-state index in [1.54, 1.807) is 0 Å². The van der Waals surface area contributed by atoms with Crippen molar-refractivity contribution in [2.45, 2.75) is 40.0 Å². The van der Waals surface area contributed by atoms with Crippen molar-refractivity contribution in [3.63, 3.8) is 0 Å². The number of piperidine rings is 2. The van der Waals surface area contributed by atoms with Gasteiger partial charge in [-0.1, -0.05) is 20.8 Å². The van der Waals surface area contributed by atoms with Crippen molar-refractivity contribution >= 4 is 0 Å². The van der Waals surface area contributed by atoms with Gasteiger partial charge in [0.2, 0.25) is 0 Å². The Morgan fingerprint density at radius 3 is 2.50 bits per heavy atom. The Kier molecular flexibility index (Phi) is 3.91. The number of nitrogens with one attached hydrogen (secondary N) is 1. The van der Waals surface area contributed by atoms with Gasteiger partial charge in [0, 0.05) is 26.2 Å². The van der Waals surface area contributed by atoms with E-state index in [1.165, 1.54) is 52.0 Å². The van der Waals surface area contributed by atoms with Crippen LogP contribution in [-0.2, 0) is 0 Å². The zero-order valence-electron chi connectivity index (χ0n) is 11.3. The van der Waals surface area contributed by atoms with E-state index < -0.39 is 0 Å². The summed E-state index contributed by atoms with van der Waals surface area (Å²) in [6.07, 6.45) is 4.18. The van der Waals surface area contributed by atoms with Crippen molar-refractivity contribution in [1.82, 2.24) is 10.2 Å². The minimum Gasteiger partial charge on any atom is -0.316 e. The van der Waals surface area contributed by atoms with Gasteiger partial charge in [-0.25, -0.2) is 0 Å². The molecule has 0 amide bonds. The second-order valence-corrected chi connectivity index (χ2v) is 6.73. The van der Waals surface area contributed by atoms with Crippen LogP contribution in [0.15, 0.2) is 0 Å². The molecule has 2 fully saturated rings. The molecule has 3 atom stereocenters. The molecule has 2 aliphatic heterocycles. The molecule has 16 heavy (non-hydrogen) atoms. The zero-order chi connectivity index (χ0) is 11.6. The summed E-state index contributed by atoms with van der Waals surface area (Å²) in [5.41, 5.74) is 0.523. The molecule has 0 saturated carbocycles. The third-order valence-corrected chi connectivity index (χ3v) is 4.24. The molecule has 0 aromatic carbocycles. The monoisotopic (exact) mass is 224 g/mol. The van der Waals surface area contributed by atoms with Gasteiger partial charge in [0.05, 0.1) is 0 Å². The van der Waals surface area contributed by atoms with E-state index in [0.29, 0.717) is 5.41 Å². The van der Waals surface area contributed by atoms with Crippen molar-refractivity contribution in [1.29, 1.82) is 0 Å². The fourth-order valence-electron chi connectivity index (χ4n) is 3.71. The molecule has 2 rings (SSSR count). The first kappa shape index (κ1) is 12.4. The van der Waals surface area contributed by atoms with Crippen LogP contribution in [0.25, 0.3) is 0 Å². The third kappa shape index (κ3) is 3.21. The van der Waals surface area contributed by atoms with Crippen LogP contribution in [0, 0.1) is 17.3 Å². The first-order valence-electron chi connectivity index (χ1n) is 7.00. The van der Waals surface area contributed by atoms with Gasteiger partial charge in [-0.15, -0.1) is 0 Å². The standard InChI is InChI=1S/C14H28N2/c1-12-7-13(2)9-16(8-12)11-14(3)5-4-6-15-10-14/h12-13,15H,4-11H2,1-3H3. The van der Waals surface area contributed by atoms with Gasteiger partial charge >= 0.3 is 0 Å². The topological polar surface area (TPSA) is 15.3 Å². The van der Waals surface area contributed by atoms with Crippen LogP contribution in [0.3, 0.4) is 0 Å². The number of nitrogens with zero attached hydrogens (tertiary/aromatic N) is 1. The molecular weight excluding hydrogens is 196 g/mol. The molecule has 94 valence electrons. The number of hydrogen-bond donors (Lipinski definition) is 1. The van der Waals surface area contributed by atoms with Crippen molar-refractivity contribution in [3.05, 3.63) is 0 Å². The Morgan fingerprint density at radius 2 is 1.94 bits per heavy atom. The number of likely N-dealkylation sites (tertiary alicyclic amines) is 1. The lowest BCUT2D eigenvalue weighted by Gasteiger charge is -2.42. The molecule has 2 nitrogen and oxygen atoms in total. The van der Waals surface area contributed by atoms with Crippen LogP contribution in [0.4, 0.5) is 0 Å². The summed E-state index contributed by atoms with van der Waals surface area (Å²) in [7, 11) is 0. The summed E-state index contributed by atoms with van der Waals surface area (Å²) in [4.78, 5) is 2.71. The molecule has 0 spiro atoms. The summed E-state index contributed by atoms with van der Waals surface area (Å²) in [5.74, 6) is 1.78. The maximum absolute atomic E-state index is 3.56. The Bertz CT molecular complexity index is 211. The van der Waals surface area contributed by atoms with E-state index in [0.717, 1.165) is 11.8 Å². The normalized spacial score (nSPS) is 42.2. The van der Waals surface area contributed by atoms with Gasteiger partial charge in [0.25, 0.3) is 0 Å². The summed E-state index contributed by atoms with van der Waals surface area (Å²) in [6, 6.07) is 0. The summed E-state index contributed by atoms with van der Waals surface area (Å²) < 4.78 is 0. The molecule has 0 aromatic heterocycles. The second-order valence-electron chi connectivity index (χ2n) is 6.73. The summed E-state index contributed by atoms with van der Waals surface area (Å²) in [6.45, 7) is 13.7. The fraction of sp³-hybridized carbons (Fsp3) is 1.00. The lowest BCUT2D eigenvalue weighted by atomic mass is 9.81. The minimum absolute atomic E-state index is 0.523. The van der Waals surface area contributed by atoms with E-state index in [1.807, 2.05) is 0 Å². The fourth-order valence-corrected chi connectivity index (χ4v) is 3.71. The molecule has 0 aromatic rings. The van der Waals surface area contributed by atoms with E-state index >= 15 is 0 Å². The molecule has 2 aliphatic rings. The van der Waals surface area contributed by atoms with Crippen molar-refractivity contribution in [2.75, 3.05) is 32.7 Å². The van der Waals surface area contributed by atoms with E-state index in [9.17, 15) is 0 Å². The summed E-state index contributed by atoms with van der Waals surface area (Å²) in [5, 5.41) is 3.56. The van der Waals surface area contributed by atoms with Crippen LogP contribution in [0.1, 0.15) is 40.0 Å². The lowest BCUT2D eigenvalue weighted by Crippen LogP contribution is -2.49. The highest BCUT2D eigenvalue weighted by Crippen LogP contribution is 2.29. The van der Waals surface area contributed by atoms with Gasteiger partial charge in [0.1, 0.15) is 0 Å². The first-order valence-corrected chi connectivity index (χ1v) is 7.00. The molecule has 0 radical (unpaired) electrons. The predicted molar refractivity (Wildman–Crippen MR) is 69.6 cm³/mol. The van der Waals surface area contributed by atoms with E-state index in [4.69, 9.17) is 0 Å². The van der Waals surface area contributed by atoms with Crippen LogP contribution in [0.5, 0.6) is 0 Å². The Balaban J connectivity index is 1.87. The van der Waals surface area contributed by atoms with Crippen molar-refractivity contribution in [3.8, 4) is 0 Å². The average Bonchev–Trinajstić information content (AvgIpc) is 2.15. The number of rotatable bonds is 2. The molecule has 1 N–H and O–H groups in total. The van der Waals surface area contributed by atoms with E-state index in [-0.39, 0.29) is 0 Å². The number of hydrogen-bond acceptors (Lipinski definition) is 2. The predicted octanol–water partition coefficient (Wildman–Crippen LogP) is 2.35. The van der Waals surface area contributed by atoms with Gasteiger partial charge < -0.3 is 10.2 Å². The van der Waals surface area contributed by atoms with Crippen molar-refractivity contribution < 1.29 is 0 Å². The molecule has 2 heterocycles. The summed E-state index contributed by atoms with van der Waals surface area (Å²) >= 11 is 0. The Labute approximate surface area is 101 Å². The van der Waals surface area contributed by atoms with Crippen molar-refractivity contribution in [2.24, 2.45) is 17.3 Å². The molecular formula is C14H28N2. The minimum atomic E-state index is 0.523. The quantitative estimate of drug-likeness (QED) is 0.774. The third-order valence-electron chi connectivity index (χ3n) is 4.24. The highest BCUT2D eigenvalue weighted by molar-refractivity contribution is 4.86. The highest BCUT2D eigenvalue weighted by atomic mass is 15.1. The van der Waals surface area contributed by atoms with Gasteiger partial charge in [-0.2, -0.15) is 0 Å². The van der Waals surface area contributed by atoms with Gasteiger partial charge in [0.15, 0.2) is 0 Å². The second kappa shape index (κ2) is 5.05. The Morgan fingerprint density at radius 1 is 1.25 bits per heavy atom. The molecule has 0 aliphatic carbocycles. The van der Waals surface area contributed by atoms with Gasteiger partial charge in [-0.3, -0.25) is 0 Å². The average molecular weight is 224 g/mol. The molecule has 2 saturated heterocycles. The maximum Gasteiger partial charge on any atom is 0.00477 e. The maximum atomic E-state index is 3.56. The SMILES string of the molecule is CC1CC(C)CN(CC2(C)CCCNC2)C1. The van der Waals surface area contributed by atoms with Crippen LogP contribution in [-0.4, -0.2) is 37.6 Å². The molecule has 2 heteroatoms. The van der Waals surface area contributed by atoms with Crippen LogP contribution < -0.4 is 5.32 Å². The lowest BCUT2D eigenvalue weighted by molar-refractivity contribution is 0.0762. The Hall–Kier alpha value is -0.0800. The zero-order valence-corrected chi connectivity index (χ0v) is 11.3. The van der Waals surface area contributed by atoms with Crippen LogP contribution in [0.2, 0.25) is 0 Å². The molecule has 0 bridgehead atoms. The molecule has 3 unspecified atom stereocenters. The largest absolute Gasteiger partial charge is 0.316 e. The highest BCUT2D eigenvalue weighted by Gasteiger charge is 2.31.